The van der Waals surface area contributed by atoms with Gasteiger partial charge in [0.25, 0.3) is 5.91 Å². The first kappa shape index (κ1) is 19.8. The monoisotopic (exact) mass is 355 g/mol. The highest BCUT2D eigenvalue weighted by molar-refractivity contribution is 5.80. The quantitative estimate of drug-likeness (QED) is 0.685. The molecule has 0 fully saturated rings. The van der Waals surface area contributed by atoms with Crippen LogP contribution in [0.15, 0.2) is 42.5 Å². The van der Waals surface area contributed by atoms with Gasteiger partial charge in [0.15, 0.2) is 6.10 Å². The van der Waals surface area contributed by atoms with E-state index >= 15 is 0 Å². The van der Waals surface area contributed by atoms with Crippen LogP contribution in [0.5, 0.6) is 11.5 Å². The third-order valence-corrected chi connectivity index (χ3v) is 4.21. The van der Waals surface area contributed by atoms with E-state index in [2.05, 4.69) is 11.4 Å². The van der Waals surface area contributed by atoms with Gasteiger partial charge in [-0.3, -0.25) is 4.79 Å². The molecule has 0 bridgehead atoms. The van der Waals surface area contributed by atoms with Crippen LogP contribution in [-0.4, -0.2) is 25.2 Å². The molecule has 0 heterocycles. The molecule has 26 heavy (non-hydrogen) atoms. The Balaban J connectivity index is 1.79. The number of carbonyl (C=O) groups excluding carboxylic acids is 1. The summed E-state index contributed by atoms with van der Waals surface area (Å²) in [6.07, 6.45) is 1.19. The number of nitrogens with one attached hydrogen (secondary N) is 1. The summed E-state index contributed by atoms with van der Waals surface area (Å²) in [5.41, 5.74) is 3.32. The van der Waals surface area contributed by atoms with Crippen molar-refractivity contribution >= 4 is 5.91 Å². The van der Waals surface area contributed by atoms with Crippen LogP contribution in [0.4, 0.5) is 0 Å². The average Bonchev–Trinajstić information content (AvgIpc) is 2.63. The van der Waals surface area contributed by atoms with Gasteiger partial charge in [-0.1, -0.05) is 30.3 Å². The van der Waals surface area contributed by atoms with Crippen molar-refractivity contribution in [2.45, 2.75) is 46.6 Å². The van der Waals surface area contributed by atoms with Crippen molar-refractivity contribution in [2.24, 2.45) is 0 Å². The highest BCUT2D eigenvalue weighted by Crippen LogP contribution is 2.21. The van der Waals surface area contributed by atoms with Crippen LogP contribution < -0.4 is 14.8 Å². The molecule has 0 unspecified atom stereocenters. The molecule has 0 radical (unpaired) electrons. The summed E-state index contributed by atoms with van der Waals surface area (Å²) in [6, 6.07) is 14.0. The van der Waals surface area contributed by atoms with Gasteiger partial charge in [0.2, 0.25) is 0 Å². The Labute approximate surface area is 156 Å². The van der Waals surface area contributed by atoms with Gasteiger partial charge in [-0.2, -0.15) is 0 Å². The maximum absolute atomic E-state index is 12.3. The molecular weight excluding hydrogens is 326 g/mol. The number of ether oxygens (including phenoxy) is 2. The lowest BCUT2D eigenvalue weighted by Gasteiger charge is -2.17. The third-order valence-electron chi connectivity index (χ3n) is 4.21. The standard InChI is InChI=1S/C22H29NO3/c1-5-25-20-11-7-6-9-19(20)10-8-14-23-22(24)18(4)26-21-15-16(2)12-13-17(21)3/h6-7,9,11-13,15,18H,5,8,10,14H2,1-4H3,(H,23,24)/t18-/m1/s1. The second-order valence-corrected chi connectivity index (χ2v) is 6.46. The minimum Gasteiger partial charge on any atom is -0.494 e. The largest absolute Gasteiger partial charge is 0.494 e. The number of hydrogen-bond donors (Lipinski definition) is 1. The first-order valence-electron chi connectivity index (χ1n) is 9.23. The molecule has 0 aliphatic heterocycles. The number of para-hydroxylation sites is 1. The normalized spacial score (nSPS) is 11.7. The van der Waals surface area contributed by atoms with E-state index in [9.17, 15) is 4.79 Å². The molecular formula is C22H29NO3. The first-order valence-corrected chi connectivity index (χ1v) is 9.23. The molecule has 0 saturated carbocycles. The van der Waals surface area contributed by atoms with Crippen molar-refractivity contribution in [3.05, 3.63) is 59.2 Å². The van der Waals surface area contributed by atoms with Gasteiger partial charge in [-0.15, -0.1) is 0 Å². The molecule has 0 aliphatic carbocycles. The van der Waals surface area contributed by atoms with E-state index in [1.54, 1.807) is 6.92 Å². The average molecular weight is 355 g/mol. The lowest BCUT2D eigenvalue weighted by atomic mass is 10.1. The Morgan fingerprint density at radius 1 is 1.12 bits per heavy atom. The predicted octanol–water partition coefficient (Wildman–Crippen LogP) is 4.22. The molecule has 0 spiro atoms. The smallest absolute Gasteiger partial charge is 0.260 e. The summed E-state index contributed by atoms with van der Waals surface area (Å²) < 4.78 is 11.5. The van der Waals surface area contributed by atoms with E-state index < -0.39 is 6.10 Å². The number of amides is 1. The highest BCUT2D eigenvalue weighted by Gasteiger charge is 2.15. The molecule has 1 amide bonds. The molecule has 4 heteroatoms. The van der Waals surface area contributed by atoms with Gasteiger partial charge in [0, 0.05) is 6.54 Å². The zero-order chi connectivity index (χ0) is 18.9. The van der Waals surface area contributed by atoms with E-state index in [0.29, 0.717) is 13.2 Å². The number of aryl methyl sites for hydroxylation is 3. The molecule has 2 rings (SSSR count). The van der Waals surface area contributed by atoms with E-state index in [4.69, 9.17) is 9.47 Å². The van der Waals surface area contributed by atoms with Crippen molar-refractivity contribution in [3.63, 3.8) is 0 Å². The van der Waals surface area contributed by atoms with Gasteiger partial charge < -0.3 is 14.8 Å². The molecule has 2 aromatic carbocycles. The number of hydrogen-bond acceptors (Lipinski definition) is 3. The maximum Gasteiger partial charge on any atom is 0.260 e. The van der Waals surface area contributed by atoms with Crippen molar-refractivity contribution in [3.8, 4) is 11.5 Å². The molecule has 0 aromatic heterocycles. The van der Waals surface area contributed by atoms with Crippen molar-refractivity contribution in [2.75, 3.05) is 13.2 Å². The van der Waals surface area contributed by atoms with Gasteiger partial charge >= 0.3 is 0 Å². The molecule has 2 aromatic rings. The number of carbonyl (C=O) groups is 1. The minimum absolute atomic E-state index is 0.0935. The lowest BCUT2D eigenvalue weighted by Crippen LogP contribution is -2.37. The highest BCUT2D eigenvalue weighted by atomic mass is 16.5. The van der Waals surface area contributed by atoms with Crippen molar-refractivity contribution in [1.29, 1.82) is 0 Å². The van der Waals surface area contributed by atoms with E-state index in [0.717, 1.165) is 35.5 Å². The summed E-state index contributed by atoms with van der Waals surface area (Å²) in [4.78, 5) is 12.3. The van der Waals surface area contributed by atoms with Gasteiger partial charge in [-0.25, -0.2) is 0 Å². The summed E-state index contributed by atoms with van der Waals surface area (Å²) in [7, 11) is 0. The van der Waals surface area contributed by atoms with E-state index in [-0.39, 0.29) is 5.91 Å². The molecule has 4 nitrogen and oxygen atoms in total. The van der Waals surface area contributed by atoms with Crippen LogP contribution in [0.25, 0.3) is 0 Å². The van der Waals surface area contributed by atoms with Gasteiger partial charge in [0.1, 0.15) is 11.5 Å². The van der Waals surface area contributed by atoms with E-state index in [1.807, 2.05) is 57.2 Å². The second kappa shape index (κ2) is 9.85. The Bertz CT molecular complexity index is 727. The third kappa shape index (κ3) is 5.80. The van der Waals surface area contributed by atoms with Gasteiger partial charge in [0.05, 0.1) is 6.61 Å². The molecule has 0 aliphatic rings. The summed E-state index contributed by atoms with van der Waals surface area (Å²) in [6.45, 7) is 9.02. The van der Waals surface area contributed by atoms with E-state index in [1.165, 1.54) is 5.56 Å². The Hall–Kier alpha value is -2.49. The molecule has 1 atom stereocenters. The van der Waals surface area contributed by atoms with Crippen LogP contribution in [0.3, 0.4) is 0 Å². The van der Waals surface area contributed by atoms with Crippen LogP contribution in [0, 0.1) is 13.8 Å². The SMILES string of the molecule is CCOc1ccccc1CCCNC(=O)[C@@H](C)Oc1cc(C)ccc1C. The Morgan fingerprint density at radius 3 is 2.65 bits per heavy atom. The van der Waals surface area contributed by atoms with Crippen LogP contribution in [0.1, 0.15) is 37.0 Å². The van der Waals surface area contributed by atoms with Crippen molar-refractivity contribution in [1.82, 2.24) is 5.32 Å². The molecule has 0 saturated heterocycles. The van der Waals surface area contributed by atoms with Crippen LogP contribution in [-0.2, 0) is 11.2 Å². The fourth-order valence-corrected chi connectivity index (χ4v) is 2.72. The fourth-order valence-electron chi connectivity index (χ4n) is 2.72. The molecule has 1 N–H and O–H groups in total. The van der Waals surface area contributed by atoms with Gasteiger partial charge in [-0.05, 0) is 69.4 Å². The Morgan fingerprint density at radius 2 is 1.88 bits per heavy atom. The Kier molecular flexibility index (Phi) is 7.52. The van der Waals surface area contributed by atoms with Crippen LogP contribution in [0.2, 0.25) is 0 Å². The second-order valence-electron chi connectivity index (χ2n) is 6.46. The number of rotatable bonds is 9. The fraction of sp³-hybridized carbons (Fsp3) is 0.409. The lowest BCUT2D eigenvalue weighted by molar-refractivity contribution is -0.127. The topological polar surface area (TPSA) is 47.6 Å². The first-order chi connectivity index (χ1) is 12.5. The predicted molar refractivity (Wildman–Crippen MR) is 105 cm³/mol. The zero-order valence-corrected chi connectivity index (χ0v) is 16.2. The summed E-state index contributed by atoms with van der Waals surface area (Å²) in [5.74, 6) is 1.59. The number of benzene rings is 2. The maximum atomic E-state index is 12.3. The minimum atomic E-state index is -0.522. The summed E-state index contributed by atoms with van der Waals surface area (Å²) in [5, 5.41) is 2.95. The van der Waals surface area contributed by atoms with Crippen molar-refractivity contribution < 1.29 is 14.3 Å². The molecule has 140 valence electrons. The summed E-state index contributed by atoms with van der Waals surface area (Å²) >= 11 is 0. The zero-order valence-electron chi connectivity index (χ0n) is 16.2. The van der Waals surface area contributed by atoms with Crippen LogP contribution >= 0.6 is 0 Å².